The average Bonchev–Trinajstić information content (AvgIpc) is 2.88. The fourth-order valence-corrected chi connectivity index (χ4v) is 4.09. The number of anilines is 2. The first kappa shape index (κ1) is 19.0. The Balaban J connectivity index is 2.12. The Morgan fingerprint density at radius 1 is 1.30 bits per heavy atom. The van der Waals surface area contributed by atoms with E-state index >= 15 is 0 Å². The van der Waals surface area contributed by atoms with Crippen LogP contribution in [0.15, 0.2) is 30.5 Å². The molecule has 0 bridgehead atoms. The third-order valence-corrected chi connectivity index (χ3v) is 6.48. The van der Waals surface area contributed by atoms with E-state index in [4.69, 9.17) is 4.74 Å². The third-order valence-electron chi connectivity index (χ3n) is 4.43. The van der Waals surface area contributed by atoms with E-state index in [1.54, 1.807) is 42.9 Å². The number of fused-ring (bicyclic) bond motifs is 1. The number of carbonyl (C=O) groups excluding carboxylic acids is 1. The smallest absolute Gasteiger partial charge is 0.357 e. The molecule has 0 unspecified atom stereocenters. The number of ether oxygens (including phenoxy) is 1. The molecule has 0 spiro atoms. The van der Waals surface area contributed by atoms with Gasteiger partial charge in [0.2, 0.25) is 0 Å². The molecule has 0 saturated carbocycles. The molecule has 27 heavy (non-hydrogen) atoms. The summed E-state index contributed by atoms with van der Waals surface area (Å²) in [6, 6.07) is 6.95. The van der Waals surface area contributed by atoms with Crippen molar-refractivity contribution in [1.29, 1.82) is 0 Å². The first-order valence-corrected chi connectivity index (χ1v) is 12.3. The lowest BCUT2D eigenvalue weighted by atomic mass is 10.2. The summed E-state index contributed by atoms with van der Waals surface area (Å²) in [6.07, 6.45) is 1.55. The fraction of sp³-hybridized carbons (Fsp3) is 0.316. The summed E-state index contributed by atoms with van der Waals surface area (Å²) in [5.41, 5.74) is 2.13. The lowest BCUT2D eigenvalue weighted by Gasteiger charge is -2.18. The molecule has 142 valence electrons. The molecule has 0 aliphatic rings. The zero-order valence-corrected chi connectivity index (χ0v) is 17.1. The van der Waals surface area contributed by atoms with Gasteiger partial charge in [0.1, 0.15) is 17.0 Å². The van der Waals surface area contributed by atoms with Crippen molar-refractivity contribution in [3.63, 3.8) is 0 Å². The zero-order valence-electron chi connectivity index (χ0n) is 16.1. The van der Waals surface area contributed by atoms with E-state index in [0.717, 1.165) is 5.19 Å². The Hall–Kier alpha value is -2.74. The molecule has 0 atom stereocenters. The predicted octanol–water partition coefficient (Wildman–Crippen LogP) is 3.57. The summed E-state index contributed by atoms with van der Waals surface area (Å²) < 4.78 is 21.6. The van der Waals surface area contributed by atoms with Gasteiger partial charge in [-0.05, 0) is 25.1 Å². The summed E-state index contributed by atoms with van der Waals surface area (Å²) in [6.45, 7) is 8.46. The van der Waals surface area contributed by atoms with Crippen LogP contribution in [0.5, 0.6) is 0 Å². The quantitative estimate of drug-likeness (QED) is 0.536. The van der Waals surface area contributed by atoms with Crippen LogP contribution in [0.1, 0.15) is 17.4 Å². The third kappa shape index (κ3) is 3.57. The number of rotatable bonds is 5. The largest absolute Gasteiger partial charge is 0.461 e. The van der Waals surface area contributed by atoms with E-state index < -0.39 is 14.0 Å². The Bertz CT molecular complexity index is 1010. The molecular formula is C19H23FN4O2Si. The highest BCUT2D eigenvalue weighted by Crippen LogP contribution is 2.32. The maximum Gasteiger partial charge on any atom is 0.357 e. The molecule has 0 fully saturated rings. The molecule has 3 aromatic rings. The van der Waals surface area contributed by atoms with Crippen molar-refractivity contribution in [2.24, 2.45) is 7.05 Å². The topological polar surface area (TPSA) is 69.0 Å². The van der Waals surface area contributed by atoms with Gasteiger partial charge in [0.05, 0.1) is 32.1 Å². The number of hydrogen-bond donors (Lipinski definition) is 1. The van der Waals surface area contributed by atoms with Gasteiger partial charge < -0.3 is 14.6 Å². The van der Waals surface area contributed by atoms with E-state index in [1.165, 1.54) is 0 Å². The van der Waals surface area contributed by atoms with Gasteiger partial charge in [-0.1, -0.05) is 30.9 Å². The summed E-state index contributed by atoms with van der Waals surface area (Å²) in [5.74, 6) is -0.870. The van der Waals surface area contributed by atoms with Crippen molar-refractivity contribution in [1.82, 2.24) is 14.8 Å². The first-order chi connectivity index (χ1) is 12.7. The second-order valence-electron chi connectivity index (χ2n) is 7.34. The van der Waals surface area contributed by atoms with Gasteiger partial charge in [0.25, 0.3) is 0 Å². The van der Waals surface area contributed by atoms with Crippen LogP contribution in [0, 0.1) is 5.82 Å². The molecule has 6 nitrogen and oxygen atoms in total. The number of hydrogen-bond acceptors (Lipinski definition) is 5. The highest BCUT2D eigenvalue weighted by Gasteiger charge is 2.25. The monoisotopic (exact) mass is 386 g/mol. The lowest BCUT2D eigenvalue weighted by molar-refractivity contribution is 0.0517. The maximum absolute atomic E-state index is 14.8. The van der Waals surface area contributed by atoms with Crippen LogP contribution < -0.4 is 10.5 Å². The van der Waals surface area contributed by atoms with Crippen LogP contribution in [0.25, 0.3) is 11.0 Å². The highest BCUT2D eigenvalue weighted by molar-refractivity contribution is 6.88. The highest BCUT2D eigenvalue weighted by atomic mass is 28.3. The van der Waals surface area contributed by atoms with Crippen LogP contribution in [0.2, 0.25) is 19.6 Å². The number of carbonyl (C=O) groups is 1. The number of halogens is 1. The summed E-state index contributed by atoms with van der Waals surface area (Å²) in [7, 11) is 0.115. The summed E-state index contributed by atoms with van der Waals surface area (Å²) >= 11 is 0. The molecule has 0 amide bonds. The van der Waals surface area contributed by atoms with Crippen molar-refractivity contribution in [2.75, 3.05) is 11.9 Å². The standard InChI is InChI=1S/C19H23FN4O2Si/c1-6-26-19(25)18-17(16-15(24(18)2)9-10-21-23-16)22-14-8-7-12(11-13(14)20)27(3,4)5/h7-11,22H,6H2,1-5H3. The van der Waals surface area contributed by atoms with Crippen molar-refractivity contribution in [2.45, 2.75) is 26.6 Å². The molecule has 0 aliphatic heterocycles. The second kappa shape index (κ2) is 7.11. The minimum Gasteiger partial charge on any atom is -0.461 e. The molecule has 2 aromatic heterocycles. The summed E-state index contributed by atoms with van der Waals surface area (Å²) in [4.78, 5) is 12.5. The van der Waals surface area contributed by atoms with E-state index in [-0.39, 0.29) is 23.8 Å². The molecular weight excluding hydrogens is 363 g/mol. The van der Waals surface area contributed by atoms with E-state index in [9.17, 15) is 9.18 Å². The van der Waals surface area contributed by atoms with Crippen LogP contribution in [0.4, 0.5) is 15.8 Å². The number of aromatic nitrogens is 3. The Morgan fingerprint density at radius 3 is 2.67 bits per heavy atom. The molecule has 1 N–H and O–H groups in total. The molecule has 2 heterocycles. The van der Waals surface area contributed by atoms with Crippen LogP contribution >= 0.6 is 0 Å². The van der Waals surface area contributed by atoms with Gasteiger partial charge in [-0.3, -0.25) is 0 Å². The van der Waals surface area contributed by atoms with Crippen LogP contribution in [-0.2, 0) is 11.8 Å². The minimum atomic E-state index is -1.63. The van der Waals surface area contributed by atoms with Gasteiger partial charge in [0, 0.05) is 7.05 Å². The Labute approximate surface area is 158 Å². The SMILES string of the molecule is CCOC(=O)c1c(Nc2ccc([Si](C)(C)C)cc2F)c2nnccc2n1C. The maximum atomic E-state index is 14.8. The van der Waals surface area contributed by atoms with Gasteiger partial charge in [0.15, 0.2) is 5.69 Å². The predicted molar refractivity (Wildman–Crippen MR) is 107 cm³/mol. The number of benzene rings is 1. The van der Waals surface area contributed by atoms with E-state index in [2.05, 4.69) is 35.2 Å². The second-order valence-corrected chi connectivity index (χ2v) is 12.4. The van der Waals surface area contributed by atoms with Crippen molar-refractivity contribution >= 4 is 41.6 Å². The average molecular weight is 387 g/mol. The van der Waals surface area contributed by atoms with Gasteiger partial charge in [-0.25, -0.2) is 9.18 Å². The Morgan fingerprint density at radius 2 is 2.04 bits per heavy atom. The number of nitrogens with one attached hydrogen (secondary N) is 1. The van der Waals surface area contributed by atoms with Crippen LogP contribution in [-0.4, -0.2) is 35.4 Å². The first-order valence-electron chi connectivity index (χ1n) is 8.78. The minimum absolute atomic E-state index is 0.241. The number of aryl methyl sites for hydroxylation is 1. The fourth-order valence-electron chi connectivity index (χ4n) is 2.95. The Kier molecular flexibility index (Phi) is 5.01. The zero-order chi connectivity index (χ0) is 19.8. The normalized spacial score (nSPS) is 11.6. The van der Waals surface area contributed by atoms with Crippen molar-refractivity contribution < 1.29 is 13.9 Å². The lowest BCUT2D eigenvalue weighted by Crippen LogP contribution is -2.37. The van der Waals surface area contributed by atoms with Crippen molar-refractivity contribution in [3.05, 3.63) is 42.0 Å². The van der Waals surface area contributed by atoms with E-state index in [1.807, 2.05) is 6.07 Å². The molecule has 3 rings (SSSR count). The van der Waals surface area contributed by atoms with Crippen LogP contribution in [0.3, 0.4) is 0 Å². The summed E-state index contributed by atoms with van der Waals surface area (Å²) in [5, 5.41) is 12.1. The van der Waals surface area contributed by atoms with Crippen molar-refractivity contribution in [3.8, 4) is 0 Å². The van der Waals surface area contributed by atoms with Gasteiger partial charge in [-0.15, -0.1) is 5.10 Å². The number of esters is 1. The van der Waals surface area contributed by atoms with Gasteiger partial charge in [-0.2, -0.15) is 5.10 Å². The van der Waals surface area contributed by atoms with Gasteiger partial charge >= 0.3 is 5.97 Å². The molecule has 0 aliphatic carbocycles. The van der Waals surface area contributed by atoms with E-state index in [0.29, 0.717) is 16.7 Å². The molecule has 1 aromatic carbocycles. The number of nitrogens with zero attached hydrogens (tertiary/aromatic N) is 3. The molecule has 0 saturated heterocycles. The molecule has 0 radical (unpaired) electrons. The molecule has 8 heteroatoms.